The summed E-state index contributed by atoms with van der Waals surface area (Å²) in [6, 6.07) is 22.2. The van der Waals surface area contributed by atoms with E-state index in [-0.39, 0.29) is 35.0 Å². The molecule has 3 amide bonds. The van der Waals surface area contributed by atoms with E-state index >= 15 is 0 Å². The summed E-state index contributed by atoms with van der Waals surface area (Å²) in [5.74, 6) is -1.50. The van der Waals surface area contributed by atoms with E-state index in [4.69, 9.17) is 0 Å². The fraction of sp³-hybridized carbons (Fsp3) is 0.148. The third kappa shape index (κ3) is 4.12. The number of hydrogen-bond donors (Lipinski definition) is 2. The number of carbonyl (C=O) groups excluding carboxylic acids is 3. The Bertz CT molecular complexity index is 1480. The van der Waals surface area contributed by atoms with Gasteiger partial charge in [0.1, 0.15) is 12.4 Å². The number of nitrogens with one attached hydrogen (secondary N) is 2. The maximum Gasteiger partial charge on any atom is 0.262 e. The lowest BCUT2D eigenvalue weighted by atomic mass is 9.93. The van der Waals surface area contributed by atoms with Gasteiger partial charge in [0, 0.05) is 0 Å². The summed E-state index contributed by atoms with van der Waals surface area (Å²) in [4.78, 5) is 43.4. The van der Waals surface area contributed by atoms with Crippen molar-refractivity contribution in [2.45, 2.75) is 18.5 Å². The van der Waals surface area contributed by atoms with E-state index in [1.54, 1.807) is 41.1 Å². The highest BCUT2D eigenvalue weighted by Crippen LogP contribution is 2.38. The van der Waals surface area contributed by atoms with E-state index in [9.17, 15) is 18.8 Å². The van der Waals surface area contributed by atoms with Gasteiger partial charge in [-0.3, -0.25) is 24.6 Å². The largest absolute Gasteiger partial charge is 0.347 e. The minimum Gasteiger partial charge on any atom is -0.347 e. The molecule has 37 heavy (non-hydrogen) atoms. The smallest absolute Gasteiger partial charge is 0.262 e. The Labute approximate surface area is 210 Å². The number of aromatic nitrogens is 3. The molecular weight excluding hydrogens is 475 g/mol. The maximum atomic E-state index is 13.6. The van der Waals surface area contributed by atoms with Gasteiger partial charge in [0.15, 0.2) is 0 Å². The summed E-state index contributed by atoms with van der Waals surface area (Å²) in [7, 11) is 0. The van der Waals surface area contributed by atoms with Gasteiger partial charge in [0.05, 0.1) is 23.2 Å². The first-order chi connectivity index (χ1) is 18.0. The summed E-state index contributed by atoms with van der Waals surface area (Å²) < 4.78 is 15.3. The van der Waals surface area contributed by atoms with Crippen LogP contribution in [-0.4, -0.2) is 43.9 Å². The predicted octanol–water partition coefficient (Wildman–Crippen LogP) is 3.80. The molecule has 0 fully saturated rings. The number of anilines is 2. The molecule has 3 aromatic carbocycles. The van der Waals surface area contributed by atoms with Gasteiger partial charge in [0.2, 0.25) is 11.9 Å². The van der Waals surface area contributed by atoms with Gasteiger partial charge in [-0.2, -0.15) is 4.98 Å². The maximum absolute atomic E-state index is 13.6. The fourth-order valence-electron chi connectivity index (χ4n) is 4.79. The van der Waals surface area contributed by atoms with Crippen molar-refractivity contribution < 1.29 is 18.8 Å². The van der Waals surface area contributed by atoms with Gasteiger partial charge >= 0.3 is 0 Å². The molecule has 0 spiro atoms. The molecule has 184 valence electrons. The molecule has 0 unspecified atom stereocenters. The standard InChI is InChI=1S/C27H21FN6O3/c28-18-12-10-17(11-13-18)22-14-21(16-6-2-1-3-7-16)29-27-31-26(32-34(22)27)30-23(35)15-33-24(36)19-8-4-5-9-20(19)25(33)37/h1-13,21-22H,14-15H2,(H2,29,30,31,32,35)/t21-,22-/m1/s1. The minimum absolute atomic E-state index is 0.0323. The lowest BCUT2D eigenvalue weighted by molar-refractivity contribution is -0.116. The van der Waals surface area contributed by atoms with E-state index in [1.165, 1.54) is 12.1 Å². The molecule has 0 aliphatic carbocycles. The topological polar surface area (TPSA) is 109 Å². The number of halogens is 1. The molecule has 6 rings (SSSR count). The molecule has 10 heteroatoms. The van der Waals surface area contributed by atoms with Crippen LogP contribution in [0.3, 0.4) is 0 Å². The summed E-state index contributed by atoms with van der Waals surface area (Å²) in [5, 5.41) is 10.4. The van der Waals surface area contributed by atoms with E-state index in [0.29, 0.717) is 12.4 Å². The molecule has 0 saturated heterocycles. The van der Waals surface area contributed by atoms with Crippen molar-refractivity contribution in [2.24, 2.45) is 0 Å². The average molecular weight is 497 g/mol. The van der Waals surface area contributed by atoms with E-state index in [0.717, 1.165) is 16.0 Å². The number of amides is 3. The van der Waals surface area contributed by atoms with Crippen LogP contribution in [0.1, 0.15) is 50.3 Å². The number of nitrogens with zero attached hydrogens (tertiary/aromatic N) is 4. The van der Waals surface area contributed by atoms with Gasteiger partial charge in [-0.25, -0.2) is 9.07 Å². The first-order valence-electron chi connectivity index (χ1n) is 11.8. The second kappa shape index (κ2) is 8.98. The van der Waals surface area contributed by atoms with Crippen molar-refractivity contribution in [1.29, 1.82) is 0 Å². The van der Waals surface area contributed by atoms with Crippen molar-refractivity contribution in [3.63, 3.8) is 0 Å². The Kier molecular flexibility index (Phi) is 5.48. The SMILES string of the molecule is O=C(CN1C(=O)c2ccccc2C1=O)Nc1nc2n(n1)[C@@H](c1ccc(F)cc1)C[C@H](c1ccccc1)N2. The van der Waals surface area contributed by atoms with Gasteiger partial charge < -0.3 is 5.32 Å². The van der Waals surface area contributed by atoms with E-state index in [2.05, 4.69) is 20.7 Å². The quantitative estimate of drug-likeness (QED) is 0.407. The molecule has 0 radical (unpaired) electrons. The molecule has 4 aromatic rings. The summed E-state index contributed by atoms with van der Waals surface area (Å²) >= 11 is 0. The Balaban J connectivity index is 1.25. The second-order valence-corrected chi connectivity index (χ2v) is 8.90. The zero-order chi connectivity index (χ0) is 25.5. The van der Waals surface area contributed by atoms with Crippen LogP contribution in [0.5, 0.6) is 0 Å². The first-order valence-corrected chi connectivity index (χ1v) is 11.8. The Morgan fingerprint density at radius 3 is 2.24 bits per heavy atom. The molecule has 3 heterocycles. The third-order valence-corrected chi connectivity index (χ3v) is 6.58. The van der Waals surface area contributed by atoms with Gasteiger partial charge in [-0.15, -0.1) is 5.10 Å². The normalized spacial score (nSPS) is 18.2. The van der Waals surface area contributed by atoms with Gasteiger partial charge in [-0.1, -0.05) is 54.6 Å². The number of benzene rings is 3. The number of hydrogen-bond acceptors (Lipinski definition) is 6. The van der Waals surface area contributed by atoms with Crippen molar-refractivity contribution in [2.75, 3.05) is 17.2 Å². The van der Waals surface area contributed by atoms with Crippen LogP contribution >= 0.6 is 0 Å². The third-order valence-electron chi connectivity index (χ3n) is 6.58. The Morgan fingerprint density at radius 1 is 0.919 bits per heavy atom. The Morgan fingerprint density at radius 2 is 1.57 bits per heavy atom. The average Bonchev–Trinajstić information content (AvgIpc) is 3.43. The molecule has 2 aliphatic heterocycles. The first kappa shape index (κ1) is 22.6. The van der Waals surface area contributed by atoms with E-state index in [1.807, 2.05) is 30.3 Å². The fourth-order valence-corrected chi connectivity index (χ4v) is 4.79. The van der Waals surface area contributed by atoms with Gasteiger partial charge in [-0.05, 0) is 41.8 Å². The van der Waals surface area contributed by atoms with Crippen molar-refractivity contribution in [3.8, 4) is 0 Å². The van der Waals surface area contributed by atoms with Crippen molar-refractivity contribution >= 4 is 29.6 Å². The van der Waals surface area contributed by atoms with Crippen LogP contribution in [0.2, 0.25) is 0 Å². The molecule has 2 atom stereocenters. The number of imide groups is 1. The number of fused-ring (bicyclic) bond motifs is 2. The van der Waals surface area contributed by atoms with Crippen LogP contribution in [0, 0.1) is 5.82 Å². The molecular formula is C27H21FN6O3. The van der Waals surface area contributed by atoms with Crippen LogP contribution in [0.25, 0.3) is 0 Å². The molecule has 2 N–H and O–H groups in total. The molecule has 2 aliphatic rings. The number of rotatable bonds is 5. The zero-order valence-corrected chi connectivity index (χ0v) is 19.5. The summed E-state index contributed by atoms with van der Waals surface area (Å²) in [6.45, 7) is -0.461. The second-order valence-electron chi connectivity index (χ2n) is 8.90. The number of carbonyl (C=O) groups is 3. The van der Waals surface area contributed by atoms with Crippen molar-refractivity contribution in [1.82, 2.24) is 19.7 Å². The summed E-state index contributed by atoms with van der Waals surface area (Å²) in [5.41, 5.74) is 2.45. The predicted molar refractivity (Wildman–Crippen MR) is 132 cm³/mol. The summed E-state index contributed by atoms with van der Waals surface area (Å²) in [6.07, 6.45) is 0.619. The van der Waals surface area contributed by atoms with Crippen LogP contribution < -0.4 is 10.6 Å². The van der Waals surface area contributed by atoms with Crippen LogP contribution in [0.15, 0.2) is 78.9 Å². The highest BCUT2D eigenvalue weighted by Gasteiger charge is 2.37. The minimum atomic E-state index is -0.601. The highest BCUT2D eigenvalue weighted by atomic mass is 19.1. The lowest BCUT2D eigenvalue weighted by Crippen LogP contribution is -2.37. The van der Waals surface area contributed by atoms with Crippen LogP contribution in [0.4, 0.5) is 16.3 Å². The Hall–Kier alpha value is -4.86. The van der Waals surface area contributed by atoms with Gasteiger partial charge in [0.25, 0.3) is 17.8 Å². The van der Waals surface area contributed by atoms with E-state index < -0.39 is 24.3 Å². The lowest BCUT2D eigenvalue weighted by Gasteiger charge is -2.31. The molecule has 9 nitrogen and oxygen atoms in total. The highest BCUT2D eigenvalue weighted by molar-refractivity contribution is 6.22. The molecule has 1 aromatic heterocycles. The molecule has 0 bridgehead atoms. The molecule has 0 saturated carbocycles. The van der Waals surface area contributed by atoms with Crippen molar-refractivity contribution in [3.05, 3.63) is 107 Å². The zero-order valence-electron chi connectivity index (χ0n) is 19.5. The monoisotopic (exact) mass is 496 g/mol. The van der Waals surface area contributed by atoms with Crippen LogP contribution in [-0.2, 0) is 4.79 Å².